The minimum absolute atomic E-state index is 0.248. The lowest BCUT2D eigenvalue weighted by atomic mass is 10.1. The standard InChI is InChI=1S/C22H24N4O2/c1-4-17-7-5-6-15(2)21(17)26-20-12-19(24-14-25-20)22(27)23-13-16-8-10-18(28-3)11-9-16/h5-12,14H,4,13H2,1-3H3,(H,23,27)(H,24,25,26). The Bertz CT molecular complexity index is 955. The van der Waals surface area contributed by atoms with Crippen LogP contribution in [0.3, 0.4) is 0 Å². The number of ether oxygens (including phenoxy) is 1. The molecule has 1 aromatic heterocycles. The van der Waals surface area contributed by atoms with Crippen molar-refractivity contribution in [3.05, 3.63) is 77.2 Å². The zero-order valence-corrected chi connectivity index (χ0v) is 16.3. The zero-order valence-electron chi connectivity index (χ0n) is 16.3. The molecule has 0 aliphatic heterocycles. The molecule has 0 atom stereocenters. The van der Waals surface area contributed by atoms with Crippen LogP contribution in [0.4, 0.5) is 11.5 Å². The molecule has 0 aliphatic rings. The van der Waals surface area contributed by atoms with Crippen molar-refractivity contribution in [2.24, 2.45) is 0 Å². The molecule has 2 N–H and O–H groups in total. The Morgan fingerprint density at radius 3 is 2.61 bits per heavy atom. The summed E-state index contributed by atoms with van der Waals surface area (Å²) in [7, 11) is 1.62. The molecule has 3 rings (SSSR count). The molecule has 0 saturated heterocycles. The Morgan fingerprint density at radius 2 is 1.89 bits per heavy atom. The van der Waals surface area contributed by atoms with E-state index in [2.05, 4.69) is 33.6 Å². The molecule has 0 aliphatic carbocycles. The molecule has 6 nitrogen and oxygen atoms in total. The summed E-state index contributed by atoms with van der Waals surface area (Å²) in [5.74, 6) is 1.12. The summed E-state index contributed by atoms with van der Waals surface area (Å²) in [5.41, 5.74) is 4.65. The van der Waals surface area contributed by atoms with Gasteiger partial charge in [-0.05, 0) is 42.2 Å². The third kappa shape index (κ3) is 4.65. The van der Waals surface area contributed by atoms with Gasteiger partial charge < -0.3 is 15.4 Å². The average molecular weight is 376 g/mol. The van der Waals surface area contributed by atoms with Crippen molar-refractivity contribution in [3.8, 4) is 5.75 Å². The van der Waals surface area contributed by atoms with Gasteiger partial charge in [0.05, 0.1) is 7.11 Å². The van der Waals surface area contributed by atoms with Crippen LogP contribution in [0.15, 0.2) is 54.9 Å². The van der Waals surface area contributed by atoms with Crippen LogP contribution in [0.5, 0.6) is 5.75 Å². The van der Waals surface area contributed by atoms with Gasteiger partial charge in [-0.2, -0.15) is 0 Å². The number of amides is 1. The monoisotopic (exact) mass is 376 g/mol. The summed E-state index contributed by atoms with van der Waals surface area (Å²) in [6, 6.07) is 15.4. The number of hydrogen-bond donors (Lipinski definition) is 2. The number of aromatic nitrogens is 2. The normalized spacial score (nSPS) is 10.4. The Kier molecular flexibility index (Phi) is 6.22. The predicted octanol–water partition coefficient (Wildman–Crippen LogP) is 4.03. The fraction of sp³-hybridized carbons (Fsp3) is 0.227. The van der Waals surface area contributed by atoms with Gasteiger partial charge in [0, 0.05) is 18.3 Å². The number of rotatable bonds is 7. The van der Waals surface area contributed by atoms with Gasteiger partial charge in [-0.25, -0.2) is 9.97 Å². The quantitative estimate of drug-likeness (QED) is 0.651. The van der Waals surface area contributed by atoms with Crippen LogP contribution in [0.2, 0.25) is 0 Å². The first-order chi connectivity index (χ1) is 13.6. The lowest BCUT2D eigenvalue weighted by molar-refractivity contribution is 0.0946. The molecule has 0 unspecified atom stereocenters. The Hall–Kier alpha value is -3.41. The van der Waals surface area contributed by atoms with Crippen molar-refractivity contribution < 1.29 is 9.53 Å². The highest BCUT2D eigenvalue weighted by molar-refractivity contribution is 5.93. The number of methoxy groups -OCH3 is 1. The van der Waals surface area contributed by atoms with Crippen molar-refractivity contribution in [3.63, 3.8) is 0 Å². The topological polar surface area (TPSA) is 76.1 Å². The maximum Gasteiger partial charge on any atom is 0.270 e. The molecule has 1 heterocycles. The number of para-hydroxylation sites is 1. The molecule has 3 aromatic rings. The largest absolute Gasteiger partial charge is 0.497 e. The number of nitrogens with one attached hydrogen (secondary N) is 2. The van der Waals surface area contributed by atoms with E-state index in [0.29, 0.717) is 18.1 Å². The molecular formula is C22H24N4O2. The Balaban J connectivity index is 1.69. The van der Waals surface area contributed by atoms with Crippen LogP contribution < -0.4 is 15.4 Å². The number of carbonyl (C=O) groups is 1. The predicted molar refractivity (Wildman–Crippen MR) is 110 cm³/mol. The molecule has 0 bridgehead atoms. The van der Waals surface area contributed by atoms with Crippen molar-refractivity contribution in [2.45, 2.75) is 26.8 Å². The van der Waals surface area contributed by atoms with E-state index in [-0.39, 0.29) is 5.91 Å². The number of carbonyl (C=O) groups excluding carboxylic acids is 1. The molecule has 28 heavy (non-hydrogen) atoms. The Morgan fingerprint density at radius 1 is 1.11 bits per heavy atom. The summed E-state index contributed by atoms with van der Waals surface area (Å²) in [4.78, 5) is 20.8. The van der Waals surface area contributed by atoms with Crippen LogP contribution in [0.25, 0.3) is 0 Å². The lowest BCUT2D eigenvalue weighted by Gasteiger charge is -2.13. The summed E-state index contributed by atoms with van der Waals surface area (Å²) in [6.07, 6.45) is 2.30. The highest BCUT2D eigenvalue weighted by Crippen LogP contribution is 2.24. The lowest BCUT2D eigenvalue weighted by Crippen LogP contribution is -2.24. The van der Waals surface area contributed by atoms with E-state index in [9.17, 15) is 4.79 Å². The summed E-state index contributed by atoms with van der Waals surface area (Å²) in [6.45, 7) is 4.57. The average Bonchev–Trinajstić information content (AvgIpc) is 2.74. The van der Waals surface area contributed by atoms with Crippen LogP contribution in [0.1, 0.15) is 34.1 Å². The molecule has 0 spiro atoms. The second kappa shape index (κ2) is 8.99. The molecule has 144 valence electrons. The first-order valence-corrected chi connectivity index (χ1v) is 9.19. The van der Waals surface area contributed by atoms with Gasteiger partial charge in [0.1, 0.15) is 23.6 Å². The van der Waals surface area contributed by atoms with Gasteiger partial charge in [-0.3, -0.25) is 4.79 Å². The minimum atomic E-state index is -0.248. The molecule has 1 amide bonds. The van der Waals surface area contributed by atoms with Crippen molar-refractivity contribution in [1.82, 2.24) is 15.3 Å². The minimum Gasteiger partial charge on any atom is -0.497 e. The molecule has 6 heteroatoms. The van der Waals surface area contributed by atoms with Crippen LogP contribution in [-0.2, 0) is 13.0 Å². The van der Waals surface area contributed by atoms with Crippen LogP contribution in [-0.4, -0.2) is 23.0 Å². The molecule has 0 fully saturated rings. The van der Waals surface area contributed by atoms with Gasteiger partial charge >= 0.3 is 0 Å². The van der Waals surface area contributed by atoms with E-state index in [1.807, 2.05) is 43.3 Å². The molecule has 0 radical (unpaired) electrons. The molecular weight excluding hydrogens is 352 g/mol. The summed E-state index contributed by atoms with van der Waals surface area (Å²) < 4.78 is 5.14. The SMILES string of the molecule is CCc1cccc(C)c1Nc1cc(C(=O)NCc2ccc(OC)cc2)ncn1. The smallest absolute Gasteiger partial charge is 0.270 e. The number of aryl methyl sites for hydroxylation is 2. The van der Waals surface area contributed by atoms with Crippen molar-refractivity contribution in [2.75, 3.05) is 12.4 Å². The van der Waals surface area contributed by atoms with E-state index in [0.717, 1.165) is 29.0 Å². The van der Waals surface area contributed by atoms with Gasteiger partial charge in [0.2, 0.25) is 0 Å². The first kappa shape index (κ1) is 19.4. The number of hydrogen-bond acceptors (Lipinski definition) is 5. The third-order valence-corrected chi connectivity index (χ3v) is 4.50. The zero-order chi connectivity index (χ0) is 19.9. The highest BCUT2D eigenvalue weighted by atomic mass is 16.5. The van der Waals surface area contributed by atoms with E-state index in [1.165, 1.54) is 11.9 Å². The highest BCUT2D eigenvalue weighted by Gasteiger charge is 2.11. The fourth-order valence-electron chi connectivity index (χ4n) is 2.90. The maximum absolute atomic E-state index is 12.5. The first-order valence-electron chi connectivity index (χ1n) is 9.19. The van der Waals surface area contributed by atoms with Crippen LogP contribution in [0, 0.1) is 6.92 Å². The van der Waals surface area contributed by atoms with Gasteiger partial charge in [-0.1, -0.05) is 37.3 Å². The number of nitrogens with zero attached hydrogens (tertiary/aromatic N) is 2. The molecule has 0 saturated carbocycles. The Labute approximate surface area is 165 Å². The van der Waals surface area contributed by atoms with Crippen LogP contribution >= 0.6 is 0 Å². The van der Waals surface area contributed by atoms with Gasteiger partial charge in [0.25, 0.3) is 5.91 Å². The van der Waals surface area contributed by atoms with Gasteiger partial charge in [-0.15, -0.1) is 0 Å². The van der Waals surface area contributed by atoms with Crippen molar-refractivity contribution in [1.29, 1.82) is 0 Å². The van der Waals surface area contributed by atoms with E-state index < -0.39 is 0 Å². The fourth-order valence-corrected chi connectivity index (χ4v) is 2.90. The third-order valence-electron chi connectivity index (χ3n) is 4.50. The van der Waals surface area contributed by atoms with Crippen molar-refractivity contribution >= 4 is 17.4 Å². The van der Waals surface area contributed by atoms with Gasteiger partial charge in [0.15, 0.2) is 0 Å². The second-order valence-electron chi connectivity index (χ2n) is 6.41. The summed E-state index contributed by atoms with van der Waals surface area (Å²) >= 11 is 0. The van der Waals surface area contributed by atoms with E-state index in [4.69, 9.17) is 4.74 Å². The summed E-state index contributed by atoms with van der Waals surface area (Å²) in [5, 5.41) is 6.21. The maximum atomic E-state index is 12.5. The van der Waals surface area contributed by atoms with E-state index in [1.54, 1.807) is 13.2 Å². The van der Waals surface area contributed by atoms with E-state index >= 15 is 0 Å². The second-order valence-corrected chi connectivity index (χ2v) is 6.41. The number of anilines is 2. The number of benzene rings is 2. The molecule has 2 aromatic carbocycles.